The monoisotopic (exact) mass is 264 g/mol. The van der Waals surface area contributed by atoms with E-state index in [1.807, 2.05) is 13.8 Å². The number of amides is 2. The molecule has 1 aromatic heterocycles. The third kappa shape index (κ3) is 3.20. The molecule has 0 spiro atoms. The summed E-state index contributed by atoms with van der Waals surface area (Å²) in [6.45, 7) is 4.42. The van der Waals surface area contributed by atoms with Gasteiger partial charge in [0.05, 0.1) is 12.5 Å². The van der Waals surface area contributed by atoms with Crippen molar-refractivity contribution < 1.29 is 9.59 Å². The highest BCUT2D eigenvalue weighted by Crippen LogP contribution is 2.16. The van der Waals surface area contributed by atoms with Crippen LogP contribution in [0.3, 0.4) is 0 Å². The lowest BCUT2D eigenvalue weighted by atomic mass is 10.2. The van der Waals surface area contributed by atoms with Crippen molar-refractivity contribution in [3.05, 3.63) is 18.2 Å². The number of aromatic amines is 1. The Morgan fingerprint density at radius 2 is 2.32 bits per heavy atom. The zero-order valence-electron chi connectivity index (χ0n) is 11.3. The van der Waals surface area contributed by atoms with Gasteiger partial charge in [0.1, 0.15) is 5.82 Å². The SMILES string of the molecule is CC(C)N1C(=O)CC(NCCCc2ncc[nH]2)C1=O. The average molecular weight is 264 g/mol. The first-order chi connectivity index (χ1) is 9.09. The second-order valence-corrected chi connectivity index (χ2v) is 5.05. The summed E-state index contributed by atoms with van der Waals surface area (Å²) in [7, 11) is 0. The van der Waals surface area contributed by atoms with E-state index in [2.05, 4.69) is 15.3 Å². The van der Waals surface area contributed by atoms with Crippen molar-refractivity contribution in [2.45, 2.75) is 45.2 Å². The molecule has 1 saturated heterocycles. The number of carbonyl (C=O) groups is 2. The molecule has 0 saturated carbocycles. The van der Waals surface area contributed by atoms with Gasteiger partial charge in [-0.1, -0.05) is 0 Å². The molecule has 2 rings (SSSR count). The predicted molar refractivity (Wildman–Crippen MR) is 70.3 cm³/mol. The van der Waals surface area contributed by atoms with Crippen LogP contribution in [0.1, 0.15) is 32.5 Å². The number of hydrogen-bond donors (Lipinski definition) is 2. The molecule has 19 heavy (non-hydrogen) atoms. The molecular formula is C13H20N4O2. The van der Waals surface area contributed by atoms with Crippen molar-refractivity contribution >= 4 is 11.8 Å². The molecule has 1 atom stereocenters. The summed E-state index contributed by atoms with van der Waals surface area (Å²) in [6, 6.07) is -0.415. The van der Waals surface area contributed by atoms with Crippen LogP contribution in [0.15, 0.2) is 12.4 Å². The van der Waals surface area contributed by atoms with Gasteiger partial charge in [-0.05, 0) is 26.8 Å². The van der Waals surface area contributed by atoms with Gasteiger partial charge in [-0.25, -0.2) is 4.98 Å². The van der Waals surface area contributed by atoms with E-state index in [9.17, 15) is 9.59 Å². The van der Waals surface area contributed by atoms with Gasteiger partial charge in [0.2, 0.25) is 11.8 Å². The third-order valence-electron chi connectivity index (χ3n) is 3.24. The summed E-state index contributed by atoms with van der Waals surface area (Å²) in [5, 5.41) is 3.16. The van der Waals surface area contributed by atoms with Gasteiger partial charge in [-0.15, -0.1) is 0 Å². The lowest BCUT2D eigenvalue weighted by Gasteiger charge is -2.19. The van der Waals surface area contributed by atoms with Crippen LogP contribution in [-0.4, -0.2) is 45.3 Å². The average Bonchev–Trinajstić information content (AvgIpc) is 2.93. The molecule has 6 heteroatoms. The number of nitrogens with one attached hydrogen (secondary N) is 2. The highest BCUT2D eigenvalue weighted by Gasteiger charge is 2.39. The predicted octanol–water partition coefficient (Wildman–Crippen LogP) is 0.468. The fourth-order valence-electron chi connectivity index (χ4n) is 2.32. The van der Waals surface area contributed by atoms with Crippen molar-refractivity contribution in [3.63, 3.8) is 0 Å². The summed E-state index contributed by atoms with van der Waals surface area (Å²) >= 11 is 0. The molecule has 0 bridgehead atoms. The highest BCUT2D eigenvalue weighted by molar-refractivity contribution is 6.05. The first-order valence-corrected chi connectivity index (χ1v) is 6.67. The Hall–Kier alpha value is -1.69. The van der Waals surface area contributed by atoms with Gasteiger partial charge >= 0.3 is 0 Å². The van der Waals surface area contributed by atoms with Gasteiger partial charge in [0, 0.05) is 24.9 Å². The van der Waals surface area contributed by atoms with E-state index < -0.39 is 0 Å². The van der Waals surface area contributed by atoms with E-state index in [-0.39, 0.29) is 30.3 Å². The van der Waals surface area contributed by atoms with Crippen molar-refractivity contribution in [1.29, 1.82) is 0 Å². The van der Waals surface area contributed by atoms with Crippen molar-refractivity contribution in [3.8, 4) is 0 Å². The number of likely N-dealkylation sites (tertiary alicyclic amines) is 1. The van der Waals surface area contributed by atoms with E-state index in [0.29, 0.717) is 6.54 Å². The maximum Gasteiger partial charge on any atom is 0.247 e. The Balaban J connectivity index is 1.75. The summed E-state index contributed by atoms with van der Waals surface area (Å²) in [5.41, 5.74) is 0. The smallest absolute Gasteiger partial charge is 0.247 e. The van der Waals surface area contributed by atoms with Crippen LogP contribution in [-0.2, 0) is 16.0 Å². The minimum Gasteiger partial charge on any atom is -0.349 e. The molecule has 0 radical (unpaired) electrons. The second-order valence-electron chi connectivity index (χ2n) is 5.05. The van der Waals surface area contributed by atoms with E-state index in [1.165, 1.54) is 4.90 Å². The normalized spacial score (nSPS) is 19.7. The fraction of sp³-hybridized carbons (Fsp3) is 0.615. The topological polar surface area (TPSA) is 78.1 Å². The Bertz CT molecular complexity index is 442. The number of imidazole rings is 1. The number of imide groups is 1. The number of hydrogen-bond acceptors (Lipinski definition) is 4. The molecule has 1 aliphatic rings. The molecule has 104 valence electrons. The van der Waals surface area contributed by atoms with E-state index in [4.69, 9.17) is 0 Å². The quantitative estimate of drug-likeness (QED) is 0.578. The van der Waals surface area contributed by atoms with Crippen molar-refractivity contribution in [1.82, 2.24) is 20.2 Å². The van der Waals surface area contributed by atoms with Gasteiger partial charge < -0.3 is 10.3 Å². The summed E-state index contributed by atoms with van der Waals surface area (Å²) in [4.78, 5) is 32.2. The number of nitrogens with zero attached hydrogens (tertiary/aromatic N) is 2. The van der Waals surface area contributed by atoms with Crippen LogP contribution in [0.2, 0.25) is 0 Å². The van der Waals surface area contributed by atoms with E-state index >= 15 is 0 Å². The first-order valence-electron chi connectivity index (χ1n) is 6.67. The molecule has 0 aromatic carbocycles. The maximum absolute atomic E-state index is 12.0. The summed E-state index contributed by atoms with van der Waals surface area (Å²) in [6.07, 6.45) is 5.51. The second kappa shape index (κ2) is 5.97. The van der Waals surface area contributed by atoms with Crippen LogP contribution in [0.5, 0.6) is 0 Å². The Morgan fingerprint density at radius 1 is 1.53 bits per heavy atom. The summed E-state index contributed by atoms with van der Waals surface area (Å²) in [5.74, 6) is 0.765. The number of aryl methyl sites for hydroxylation is 1. The number of H-pyrrole nitrogens is 1. The van der Waals surface area contributed by atoms with Crippen molar-refractivity contribution in [2.75, 3.05) is 6.54 Å². The standard InChI is InChI=1S/C13H20N4O2/c1-9(2)17-12(18)8-10(13(17)19)14-5-3-4-11-15-6-7-16-11/h6-7,9-10,14H,3-5,8H2,1-2H3,(H,15,16). The first kappa shape index (κ1) is 13.7. The molecule has 0 aliphatic carbocycles. The van der Waals surface area contributed by atoms with Crippen LogP contribution in [0.4, 0.5) is 0 Å². The number of carbonyl (C=O) groups excluding carboxylic acids is 2. The third-order valence-corrected chi connectivity index (χ3v) is 3.24. The van der Waals surface area contributed by atoms with Gasteiger partial charge in [-0.3, -0.25) is 14.5 Å². The molecule has 1 unspecified atom stereocenters. The number of aromatic nitrogens is 2. The lowest BCUT2D eigenvalue weighted by molar-refractivity contribution is -0.140. The molecule has 6 nitrogen and oxygen atoms in total. The maximum atomic E-state index is 12.0. The van der Waals surface area contributed by atoms with Crippen LogP contribution in [0.25, 0.3) is 0 Å². The van der Waals surface area contributed by atoms with Gasteiger partial charge in [-0.2, -0.15) is 0 Å². The zero-order chi connectivity index (χ0) is 13.8. The van der Waals surface area contributed by atoms with E-state index in [0.717, 1.165) is 18.7 Å². The molecule has 1 aromatic rings. The lowest BCUT2D eigenvalue weighted by Crippen LogP contribution is -2.42. The van der Waals surface area contributed by atoms with Gasteiger partial charge in [0.15, 0.2) is 0 Å². The molecular weight excluding hydrogens is 244 g/mol. The number of rotatable bonds is 6. The van der Waals surface area contributed by atoms with Gasteiger partial charge in [0.25, 0.3) is 0 Å². The molecule has 1 fully saturated rings. The Labute approximate surface area is 112 Å². The molecule has 1 aliphatic heterocycles. The minimum absolute atomic E-state index is 0.0603. The largest absolute Gasteiger partial charge is 0.349 e. The van der Waals surface area contributed by atoms with Crippen LogP contribution >= 0.6 is 0 Å². The minimum atomic E-state index is -0.355. The van der Waals surface area contributed by atoms with Crippen molar-refractivity contribution in [2.24, 2.45) is 0 Å². The Kier molecular flexibility index (Phi) is 4.31. The zero-order valence-corrected chi connectivity index (χ0v) is 11.3. The Morgan fingerprint density at radius 3 is 2.89 bits per heavy atom. The van der Waals surface area contributed by atoms with Crippen LogP contribution in [0, 0.1) is 0 Å². The van der Waals surface area contributed by atoms with Crippen LogP contribution < -0.4 is 5.32 Å². The molecule has 2 N–H and O–H groups in total. The highest BCUT2D eigenvalue weighted by atomic mass is 16.2. The fourth-order valence-corrected chi connectivity index (χ4v) is 2.32. The summed E-state index contributed by atoms with van der Waals surface area (Å²) < 4.78 is 0. The molecule has 2 heterocycles. The molecule has 2 amide bonds. The van der Waals surface area contributed by atoms with E-state index in [1.54, 1.807) is 12.4 Å².